The maximum Gasteiger partial charge on any atom is 0.157 e. The van der Waals surface area contributed by atoms with E-state index < -0.39 is 0 Å². The van der Waals surface area contributed by atoms with Crippen molar-refractivity contribution in [3.05, 3.63) is 0 Å². The van der Waals surface area contributed by atoms with E-state index in [4.69, 9.17) is 4.99 Å². The Hall–Kier alpha value is -0.180. The zero-order valence-electron chi connectivity index (χ0n) is 11.7. The molecular formula is C14H26N2S. The van der Waals surface area contributed by atoms with Crippen LogP contribution in [0.5, 0.6) is 0 Å². The summed E-state index contributed by atoms with van der Waals surface area (Å²) in [6.07, 6.45) is 6.55. The molecule has 0 aromatic carbocycles. The molecule has 3 heteroatoms. The molecule has 1 N–H and O–H groups in total. The van der Waals surface area contributed by atoms with E-state index in [2.05, 4.69) is 33.0 Å². The molecule has 2 nitrogen and oxygen atoms in total. The third-order valence-corrected chi connectivity index (χ3v) is 4.94. The lowest BCUT2D eigenvalue weighted by Crippen LogP contribution is -2.44. The quantitative estimate of drug-likeness (QED) is 0.769. The van der Waals surface area contributed by atoms with Crippen molar-refractivity contribution < 1.29 is 0 Å². The monoisotopic (exact) mass is 254 g/mol. The first-order valence-electron chi connectivity index (χ1n) is 6.88. The summed E-state index contributed by atoms with van der Waals surface area (Å²) >= 11 is 1.91. The Balaban J connectivity index is 2.03. The van der Waals surface area contributed by atoms with Crippen LogP contribution >= 0.6 is 11.8 Å². The molecule has 0 radical (unpaired) electrons. The molecule has 1 aliphatic carbocycles. The molecule has 1 saturated carbocycles. The van der Waals surface area contributed by atoms with Crippen LogP contribution in [0.15, 0.2) is 4.99 Å². The van der Waals surface area contributed by atoms with Crippen molar-refractivity contribution in [1.29, 1.82) is 0 Å². The summed E-state index contributed by atoms with van der Waals surface area (Å²) in [5, 5.41) is 4.90. The van der Waals surface area contributed by atoms with Gasteiger partial charge in [0.1, 0.15) is 0 Å². The first kappa shape index (κ1) is 13.3. The molecule has 17 heavy (non-hydrogen) atoms. The Morgan fingerprint density at radius 3 is 2.53 bits per heavy atom. The number of nitrogens with zero attached hydrogens (tertiary/aromatic N) is 1. The number of aliphatic imine (C=N–C) groups is 1. The lowest BCUT2D eigenvalue weighted by Gasteiger charge is -2.34. The van der Waals surface area contributed by atoms with Crippen LogP contribution in [0.4, 0.5) is 0 Å². The van der Waals surface area contributed by atoms with Gasteiger partial charge in [-0.25, -0.2) is 0 Å². The van der Waals surface area contributed by atoms with Gasteiger partial charge in [-0.3, -0.25) is 4.99 Å². The fourth-order valence-corrected chi connectivity index (χ4v) is 3.80. The maximum atomic E-state index is 4.93. The number of hydrogen-bond donors (Lipinski definition) is 1. The van der Waals surface area contributed by atoms with Crippen LogP contribution < -0.4 is 5.32 Å². The van der Waals surface area contributed by atoms with E-state index in [1.807, 2.05) is 11.8 Å². The van der Waals surface area contributed by atoms with Gasteiger partial charge >= 0.3 is 0 Å². The van der Waals surface area contributed by atoms with E-state index in [0.717, 1.165) is 0 Å². The van der Waals surface area contributed by atoms with Gasteiger partial charge in [-0.15, -0.1) is 0 Å². The van der Waals surface area contributed by atoms with Crippen molar-refractivity contribution in [2.24, 2.45) is 10.4 Å². The third-order valence-electron chi connectivity index (χ3n) is 4.02. The van der Waals surface area contributed by atoms with Crippen molar-refractivity contribution in [3.8, 4) is 0 Å². The predicted octanol–water partition coefficient (Wildman–Crippen LogP) is 3.82. The van der Waals surface area contributed by atoms with Crippen LogP contribution in [0.2, 0.25) is 0 Å². The van der Waals surface area contributed by atoms with Gasteiger partial charge in [-0.05, 0) is 31.6 Å². The van der Waals surface area contributed by atoms with Gasteiger partial charge in [0.05, 0.1) is 6.04 Å². The predicted molar refractivity (Wildman–Crippen MR) is 77.8 cm³/mol. The second kappa shape index (κ2) is 4.83. The average Bonchev–Trinajstić information content (AvgIpc) is 2.64. The van der Waals surface area contributed by atoms with Crippen molar-refractivity contribution in [2.75, 3.05) is 5.75 Å². The van der Waals surface area contributed by atoms with Crippen LogP contribution in [-0.4, -0.2) is 22.5 Å². The Labute approximate surface area is 110 Å². The molecule has 0 amide bonds. The van der Waals surface area contributed by atoms with Crippen molar-refractivity contribution >= 4 is 16.9 Å². The van der Waals surface area contributed by atoms with Crippen LogP contribution in [-0.2, 0) is 0 Å². The molecule has 2 rings (SSSR count). The van der Waals surface area contributed by atoms with Gasteiger partial charge in [-0.1, -0.05) is 45.4 Å². The molecule has 0 aromatic heterocycles. The fraction of sp³-hybridized carbons (Fsp3) is 0.929. The number of hydrogen-bond acceptors (Lipinski definition) is 3. The summed E-state index contributed by atoms with van der Waals surface area (Å²) in [7, 11) is 0. The van der Waals surface area contributed by atoms with Gasteiger partial charge in [0.25, 0.3) is 0 Å². The first-order chi connectivity index (χ1) is 7.89. The molecule has 98 valence electrons. The average molecular weight is 254 g/mol. The summed E-state index contributed by atoms with van der Waals surface area (Å²) in [6.45, 7) is 9.24. The Bertz CT molecular complexity index is 298. The van der Waals surface area contributed by atoms with E-state index in [1.54, 1.807) is 0 Å². The molecule has 1 atom stereocenters. The number of thioether (sulfide) groups is 1. The highest BCUT2D eigenvalue weighted by Crippen LogP contribution is 2.33. The van der Waals surface area contributed by atoms with Crippen molar-refractivity contribution in [1.82, 2.24) is 5.32 Å². The van der Waals surface area contributed by atoms with Gasteiger partial charge in [-0.2, -0.15) is 0 Å². The Morgan fingerprint density at radius 2 is 1.94 bits per heavy atom. The molecule has 0 spiro atoms. The molecule has 2 aliphatic rings. The number of rotatable bonds is 1. The molecule has 1 heterocycles. The molecule has 0 aromatic rings. The van der Waals surface area contributed by atoms with Crippen LogP contribution in [0.3, 0.4) is 0 Å². The van der Waals surface area contributed by atoms with Gasteiger partial charge in [0.2, 0.25) is 0 Å². The molecular weight excluding hydrogens is 228 g/mol. The number of amidine groups is 1. The lowest BCUT2D eigenvalue weighted by molar-refractivity contribution is 0.314. The summed E-state index contributed by atoms with van der Waals surface area (Å²) in [4.78, 5) is 4.93. The van der Waals surface area contributed by atoms with E-state index in [1.165, 1.54) is 43.0 Å². The van der Waals surface area contributed by atoms with E-state index >= 15 is 0 Å². The largest absolute Gasteiger partial charge is 0.360 e. The summed E-state index contributed by atoms with van der Waals surface area (Å²) in [5.41, 5.74) is 0.607. The van der Waals surface area contributed by atoms with Gasteiger partial charge < -0.3 is 5.32 Å². The van der Waals surface area contributed by atoms with Crippen LogP contribution in [0, 0.1) is 5.41 Å². The Morgan fingerprint density at radius 1 is 1.29 bits per heavy atom. The summed E-state index contributed by atoms with van der Waals surface area (Å²) in [6, 6.07) is 0.483. The highest BCUT2D eigenvalue weighted by atomic mass is 32.2. The second-order valence-electron chi connectivity index (χ2n) is 6.85. The van der Waals surface area contributed by atoms with E-state index in [0.29, 0.717) is 17.0 Å². The number of nitrogens with one attached hydrogen (secondary N) is 1. The summed E-state index contributed by atoms with van der Waals surface area (Å²) < 4.78 is 0. The van der Waals surface area contributed by atoms with Crippen LogP contribution in [0.25, 0.3) is 0 Å². The van der Waals surface area contributed by atoms with Gasteiger partial charge in [0.15, 0.2) is 5.17 Å². The Kier molecular flexibility index (Phi) is 3.77. The maximum absolute atomic E-state index is 4.93. The fourth-order valence-electron chi connectivity index (χ4n) is 2.74. The van der Waals surface area contributed by atoms with E-state index in [9.17, 15) is 0 Å². The van der Waals surface area contributed by atoms with E-state index in [-0.39, 0.29) is 0 Å². The highest BCUT2D eigenvalue weighted by molar-refractivity contribution is 8.13. The lowest BCUT2D eigenvalue weighted by atomic mass is 9.85. The molecule has 0 saturated heterocycles. The summed E-state index contributed by atoms with van der Waals surface area (Å²) in [5.74, 6) is 1.21. The van der Waals surface area contributed by atoms with Crippen LogP contribution in [0.1, 0.15) is 59.8 Å². The highest BCUT2D eigenvalue weighted by Gasteiger charge is 2.32. The zero-order valence-corrected chi connectivity index (χ0v) is 12.5. The minimum absolute atomic E-state index is 0.296. The normalized spacial score (nSPS) is 28.9. The standard InChI is InChI=1S/C14H26N2S/c1-13(2,3)11-7-10-17-12(15-11)16-14(4)8-5-6-9-14/h11H,5-10H2,1-4H3,(H,15,16). The molecule has 1 unspecified atom stereocenters. The first-order valence-corrected chi connectivity index (χ1v) is 7.86. The van der Waals surface area contributed by atoms with Crippen molar-refractivity contribution in [3.63, 3.8) is 0 Å². The molecule has 1 fully saturated rings. The molecule has 0 bridgehead atoms. The SMILES string of the molecule is CC1(NC2=NC(C(C)(C)C)CCS2)CCCC1. The molecule has 1 aliphatic heterocycles. The topological polar surface area (TPSA) is 24.4 Å². The third kappa shape index (κ3) is 3.40. The second-order valence-corrected chi connectivity index (χ2v) is 7.93. The van der Waals surface area contributed by atoms with Gasteiger partial charge in [0, 0.05) is 11.3 Å². The minimum atomic E-state index is 0.296. The minimum Gasteiger partial charge on any atom is -0.360 e. The smallest absolute Gasteiger partial charge is 0.157 e. The van der Waals surface area contributed by atoms with Crippen molar-refractivity contribution in [2.45, 2.75) is 71.4 Å². The zero-order chi connectivity index (χ0) is 12.5.